The quantitative estimate of drug-likeness (QED) is 0.683. The van der Waals surface area contributed by atoms with Gasteiger partial charge in [0.25, 0.3) is 0 Å². The van der Waals surface area contributed by atoms with Gasteiger partial charge in [-0.05, 0) is 56.1 Å². The van der Waals surface area contributed by atoms with Gasteiger partial charge in [-0.1, -0.05) is 6.42 Å². The molecule has 0 aliphatic heterocycles. The normalized spacial score (nSPS) is 37.2. The molecule has 2 aliphatic carbocycles. The van der Waals surface area contributed by atoms with E-state index in [9.17, 15) is 0 Å². The van der Waals surface area contributed by atoms with Crippen LogP contribution in [0.4, 0.5) is 0 Å². The molecular formula is C11H21NS. The number of nitrogens with one attached hydrogen (secondary N) is 1. The Morgan fingerprint density at radius 1 is 1.31 bits per heavy atom. The van der Waals surface area contributed by atoms with E-state index in [4.69, 9.17) is 0 Å². The number of hydrogen-bond donors (Lipinski definition) is 1. The smallest absolute Gasteiger partial charge is 0.00980 e. The van der Waals surface area contributed by atoms with Crippen LogP contribution in [0.2, 0.25) is 0 Å². The van der Waals surface area contributed by atoms with Crippen molar-refractivity contribution in [3.8, 4) is 0 Å². The topological polar surface area (TPSA) is 12.0 Å². The predicted octanol–water partition coefficient (Wildman–Crippen LogP) is 2.52. The van der Waals surface area contributed by atoms with Crippen LogP contribution in [-0.2, 0) is 0 Å². The van der Waals surface area contributed by atoms with Crippen LogP contribution in [0.25, 0.3) is 0 Å². The van der Waals surface area contributed by atoms with Gasteiger partial charge < -0.3 is 5.32 Å². The molecule has 2 bridgehead atoms. The molecule has 0 aromatic rings. The molecule has 1 N–H and O–H groups in total. The highest BCUT2D eigenvalue weighted by molar-refractivity contribution is 7.98. The largest absolute Gasteiger partial charge is 0.314 e. The second-order valence-electron chi connectivity index (χ2n) is 4.58. The van der Waals surface area contributed by atoms with Crippen molar-refractivity contribution in [3.05, 3.63) is 0 Å². The fourth-order valence-electron chi connectivity index (χ4n) is 3.00. The summed E-state index contributed by atoms with van der Waals surface area (Å²) in [4.78, 5) is 0. The minimum atomic E-state index is 0.889. The summed E-state index contributed by atoms with van der Waals surface area (Å²) in [7, 11) is 0. The molecule has 2 aliphatic rings. The fraction of sp³-hybridized carbons (Fsp3) is 1.00. The zero-order chi connectivity index (χ0) is 9.10. The molecule has 1 nitrogen and oxygen atoms in total. The monoisotopic (exact) mass is 199 g/mol. The molecule has 0 aromatic carbocycles. The first-order chi connectivity index (χ1) is 6.40. The Morgan fingerprint density at radius 3 is 2.85 bits per heavy atom. The van der Waals surface area contributed by atoms with Gasteiger partial charge in [-0.15, -0.1) is 0 Å². The summed E-state index contributed by atoms with van der Waals surface area (Å²) >= 11 is 1.96. The van der Waals surface area contributed by atoms with Crippen molar-refractivity contribution < 1.29 is 0 Å². The summed E-state index contributed by atoms with van der Waals surface area (Å²) in [5.74, 6) is 3.44. The average molecular weight is 199 g/mol. The molecule has 2 heteroatoms. The van der Waals surface area contributed by atoms with Gasteiger partial charge in [-0.3, -0.25) is 0 Å². The summed E-state index contributed by atoms with van der Waals surface area (Å²) in [6, 6.07) is 0.889. The third-order valence-corrected chi connectivity index (χ3v) is 4.37. The highest BCUT2D eigenvalue weighted by Gasteiger charge is 2.38. The van der Waals surface area contributed by atoms with Crippen LogP contribution >= 0.6 is 11.8 Å². The summed E-state index contributed by atoms with van der Waals surface area (Å²) in [5, 5.41) is 3.73. The zero-order valence-corrected chi connectivity index (χ0v) is 9.41. The summed E-state index contributed by atoms with van der Waals surface area (Å²) in [6.45, 7) is 1.24. The molecular weight excluding hydrogens is 178 g/mol. The van der Waals surface area contributed by atoms with Gasteiger partial charge in [0, 0.05) is 6.04 Å². The molecule has 2 rings (SSSR count). The Balaban J connectivity index is 1.60. The van der Waals surface area contributed by atoms with Gasteiger partial charge in [0.1, 0.15) is 0 Å². The van der Waals surface area contributed by atoms with Crippen LogP contribution in [0.5, 0.6) is 0 Å². The first-order valence-electron chi connectivity index (χ1n) is 5.62. The SMILES string of the molecule is CSCCCNC1CC2CCC1C2. The van der Waals surface area contributed by atoms with Crippen molar-refractivity contribution in [2.24, 2.45) is 11.8 Å². The maximum absolute atomic E-state index is 3.73. The van der Waals surface area contributed by atoms with Crippen molar-refractivity contribution in [3.63, 3.8) is 0 Å². The van der Waals surface area contributed by atoms with Gasteiger partial charge in [-0.25, -0.2) is 0 Å². The number of hydrogen-bond acceptors (Lipinski definition) is 2. The van der Waals surface area contributed by atoms with Crippen molar-refractivity contribution in [1.29, 1.82) is 0 Å². The van der Waals surface area contributed by atoms with E-state index in [1.807, 2.05) is 11.8 Å². The van der Waals surface area contributed by atoms with E-state index in [1.54, 1.807) is 0 Å². The van der Waals surface area contributed by atoms with Gasteiger partial charge in [-0.2, -0.15) is 11.8 Å². The molecule has 0 heterocycles. The van der Waals surface area contributed by atoms with Gasteiger partial charge in [0.05, 0.1) is 0 Å². The average Bonchev–Trinajstić information content (AvgIpc) is 2.73. The molecule has 0 amide bonds. The lowest BCUT2D eigenvalue weighted by atomic mass is 9.95. The Kier molecular flexibility index (Phi) is 3.56. The Hall–Kier alpha value is 0.310. The minimum Gasteiger partial charge on any atom is -0.314 e. The maximum atomic E-state index is 3.73. The number of fused-ring (bicyclic) bond motifs is 2. The number of thioether (sulfide) groups is 1. The maximum Gasteiger partial charge on any atom is 0.00980 e. The van der Waals surface area contributed by atoms with Gasteiger partial charge in [0.2, 0.25) is 0 Å². The van der Waals surface area contributed by atoms with Crippen LogP contribution < -0.4 is 5.32 Å². The molecule has 2 fully saturated rings. The molecule has 2 saturated carbocycles. The van der Waals surface area contributed by atoms with Crippen LogP contribution in [0.3, 0.4) is 0 Å². The first-order valence-corrected chi connectivity index (χ1v) is 7.02. The fourth-order valence-corrected chi connectivity index (χ4v) is 3.43. The Labute approximate surface area is 86.0 Å². The zero-order valence-electron chi connectivity index (χ0n) is 8.59. The third-order valence-electron chi connectivity index (χ3n) is 3.67. The van der Waals surface area contributed by atoms with E-state index in [0.29, 0.717) is 0 Å². The second-order valence-corrected chi connectivity index (χ2v) is 5.57. The van der Waals surface area contributed by atoms with E-state index in [2.05, 4.69) is 11.6 Å². The lowest BCUT2D eigenvalue weighted by Crippen LogP contribution is -2.34. The van der Waals surface area contributed by atoms with Crippen molar-refractivity contribution in [2.45, 2.75) is 38.1 Å². The Bertz CT molecular complexity index is 160. The predicted molar refractivity (Wildman–Crippen MR) is 60.2 cm³/mol. The van der Waals surface area contributed by atoms with E-state index >= 15 is 0 Å². The van der Waals surface area contributed by atoms with Crippen LogP contribution in [-0.4, -0.2) is 24.6 Å². The molecule has 0 saturated heterocycles. The first kappa shape index (κ1) is 9.85. The second kappa shape index (κ2) is 4.70. The van der Waals surface area contributed by atoms with Crippen LogP contribution in [0.15, 0.2) is 0 Å². The van der Waals surface area contributed by atoms with E-state index < -0.39 is 0 Å². The lowest BCUT2D eigenvalue weighted by molar-refractivity contribution is 0.353. The van der Waals surface area contributed by atoms with Crippen LogP contribution in [0, 0.1) is 11.8 Å². The van der Waals surface area contributed by atoms with Crippen molar-refractivity contribution in [2.75, 3.05) is 18.6 Å². The molecule has 0 radical (unpaired) electrons. The molecule has 3 unspecified atom stereocenters. The van der Waals surface area contributed by atoms with Crippen molar-refractivity contribution >= 4 is 11.8 Å². The van der Waals surface area contributed by atoms with Gasteiger partial charge in [0.15, 0.2) is 0 Å². The van der Waals surface area contributed by atoms with Crippen molar-refractivity contribution in [1.82, 2.24) is 5.32 Å². The molecule has 13 heavy (non-hydrogen) atoms. The van der Waals surface area contributed by atoms with E-state index in [-0.39, 0.29) is 0 Å². The molecule has 76 valence electrons. The minimum absolute atomic E-state index is 0.889. The van der Waals surface area contributed by atoms with E-state index in [0.717, 1.165) is 17.9 Å². The standard InChI is InChI=1S/C11H21NS/c1-13-6-2-5-12-11-8-9-3-4-10(11)7-9/h9-12H,2-8H2,1H3. The van der Waals surface area contributed by atoms with E-state index in [1.165, 1.54) is 44.4 Å². The highest BCUT2D eigenvalue weighted by atomic mass is 32.2. The Morgan fingerprint density at radius 2 is 2.23 bits per heavy atom. The highest BCUT2D eigenvalue weighted by Crippen LogP contribution is 2.44. The molecule has 0 aromatic heterocycles. The number of rotatable bonds is 5. The summed E-state index contributed by atoms with van der Waals surface area (Å²) < 4.78 is 0. The summed E-state index contributed by atoms with van der Waals surface area (Å²) in [5.41, 5.74) is 0. The third kappa shape index (κ3) is 2.41. The molecule has 0 spiro atoms. The van der Waals surface area contributed by atoms with Gasteiger partial charge >= 0.3 is 0 Å². The van der Waals surface area contributed by atoms with Crippen LogP contribution in [0.1, 0.15) is 32.1 Å². The molecule has 3 atom stereocenters. The summed E-state index contributed by atoms with van der Waals surface area (Å²) in [6.07, 6.45) is 9.56. The lowest BCUT2D eigenvalue weighted by Gasteiger charge is -2.22.